The summed E-state index contributed by atoms with van der Waals surface area (Å²) < 4.78 is 33.3. The van der Waals surface area contributed by atoms with Gasteiger partial charge in [-0.05, 0) is 44.9 Å². The van der Waals surface area contributed by atoms with Gasteiger partial charge in [-0.25, -0.2) is 13.1 Å². The fraction of sp³-hybridized carbons (Fsp3) is 0.500. The van der Waals surface area contributed by atoms with Crippen LogP contribution in [0.1, 0.15) is 31.4 Å². The van der Waals surface area contributed by atoms with Crippen LogP contribution >= 0.6 is 12.2 Å². The van der Waals surface area contributed by atoms with Gasteiger partial charge < -0.3 is 10.5 Å². The summed E-state index contributed by atoms with van der Waals surface area (Å²) in [6.45, 7) is 6.07. The van der Waals surface area contributed by atoms with Gasteiger partial charge >= 0.3 is 0 Å². The Kier molecular flexibility index (Phi) is 4.39. The normalized spacial score (nSPS) is 26.0. The minimum absolute atomic E-state index is 0.163. The first-order valence-corrected chi connectivity index (χ1v) is 8.61. The maximum atomic E-state index is 12.5. The van der Waals surface area contributed by atoms with Crippen LogP contribution < -0.4 is 10.5 Å². The van der Waals surface area contributed by atoms with Gasteiger partial charge in [-0.1, -0.05) is 18.3 Å². The van der Waals surface area contributed by atoms with Gasteiger partial charge in [0.15, 0.2) is 0 Å². The van der Waals surface area contributed by atoms with Crippen molar-refractivity contribution >= 4 is 27.2 Å². The Hall–Kier alpha value is -1.02. The van der Waals surface area contributed by atoms with E-state index in [1.165, 1.54) is 6.07 Å². The van der Waals surface area contributed by atoms with Crippen molar-refractivity contribution in [2.24, 2.45) is 5.73 Å². The molecule has 0 saturated carbocycles. The Balaban J connectivity index is 2.32. The topological polar surface area (TPSA) is 81.4 Å². The predicted octanol–water partition coefficient (Wildman–Crippen LogP) is 1.48. The SMILES string of the molecule is Cc1cc(S(=O)(=O)NC2(C)CCOC2C)ccc1C(N)=S. The predicted molar refractivity (Wildman–Crippen MR) is 85.8 cm³/mol. The summed E-state index contributed by atoms with van der Waals surface area (Å²) in [5.74, 6) is 0. The molecule has 0 aromatic heterocycles. The zero-order valence-electron chi connectivity index (χ0n) is 12.3. The maximum Gasteiger partial charge on any atom is 0.241 e. The lowest BCUT2D eigenvalue weighted by molar-refractivity contribution is 0.0957. The smallest absolute Gasteiger partial charge is 0.241 e. The Labute approximate surface area is 130 Å². The van der Waals surface area contributed by atoms with E-state index < -0.39 is 15.6 Å². The molecule has 5 nitrogen and oxygen atoms in total. The first kappa shape index (κ1) is 16.4. The van der Waals surface area contributed by atoms with Gasteiger partial charge in [-0.3, -0.25) is 0 Å². The fourth-order valence-electron chi connectivity index (χ4n) is 2.41. The highest BCUT2D eigenvalue weighted by atomic mass is 32.2. The number of hydrogen-bond donors (Lipinski definition) is 2. The van der Waals surface area contributed by atoms with Crippen LogP contribution in [0.4, 0.5) is 0 Å². The second-order valence-corrected chi connectivity index (χ2v) is 7.75. The third kappa shape index (κ3) is 3.26. The lowest BCUT2D eigenvalue weighted by Crippen LogP contribution is -2.50. The molecular weight excluding hydrogens is 308 g/mol. The molecular formula is C14H20N2O3S2. The van der Waals surface area contributed by atoms with E-state index in [9.17, 15) is 8.42 Å². The van der Waals surface area contributed by atoms with E-state index in [4.69, 9.17) is 22.7 Å². The van der Waals surface area contributed by atoms with Crippen LogP contribution in [0.25, 0.3) is 0 Å². The second kappa shape index (κ2) is 5.64. The zero-order chi connectivity index (χ0) is 15.8. The summed E-state index contributed by atoms with van der Waals surface area (Å²) in [4.78, 5) is 0.467. The van der Waals surface area contributed by atoms with Gasteiger partial charge in [-0.15, -0.1) is 0 Å². The van der Waals surface area contributed by atoms with Gasteiger partial charge in [0.25, 0.3) is 0 Å². The Morgan fingerprint density at radius 1 is 1.52 bits per heavy atom. The van der Waals surface area contributed by atoms with Gasteiger partial charge in [0.1, 0.15) is 4.99 Å². The molecule has 1 aromatic carbocycles. The monoisotopic (exact) mass is 328 g/mol. The van der Waals surface area contributed by atoms with E-state index in [1.807, 2.05) is 13.8 Å². The highest BCUT2D eigenvalue weighted by Crippen LogP contribution is 2.27. The van der Waals surface area contributed by atoms with Crippen LogP contribution in [0.3, 0.4) is 0 Å². The van der Waals surface area contributed by atoms with Gasteiger partial charge in [0.2, 0.25) is 10.0 Å². The maximum absolute atomic E-state index is 12.5. The van der Waals surface area contributed by atoms with Gasteiger partial charge in [0, 0.05) is 12.2 Å². The summed E-state index contributed by atoms with van der Waals surface area (Å²) in [5.41, 5.74) is 6.44. The van der Waals surface area contributed by atoms with Crippen LogP contribution in [0.15, 0.2) is 23.1 Å². The molecule has 1 fully saturated rings. The molecule has 1 aliphatic heterocycles. The number of nitrogens with two attached hydrogens (primary N) is 1. The molecule has 21 heavy (non-hydrogen) atoms. The average Bonchev–Trinajstić information content (AvgIpc) is 2.67. The van der Waals surface area contributed by atoms with Gasteiger partial charge in [-0.2, -0.15) is 0 Å². The molecule has 2 atom stereocenters. The molecule has 1 aromatic rings. The van der Waals surface area contributed by atoms with E-state index in [1.54, 1.807) is 19.1 Å². The molecule has 2 unspecified atom stereocenters. The van der Waals surface area contributed by atoms with Crippen molar-refractivity contribution in [1.29, 1.82) is 0 Å². The lowest BCUT2D eigenvalue weighted by atomic mass is 9.97. The summed E-state index contributed by atoms with van der Waals surface area (Å²) >= 11 is 4.93. The van der Waals surface area contributed by atoms with Crippen molar-refractivity contribution < 1.29 is 13.2 Å². The summed E-state index contributed by atoms with van der Waals surface area (Å²) in [6.07, 6.45) is 0.487. The number of rotatable bonds is 4. The molecule has 0 amide bonds. The number of benzene rings is 1. The molecule has 7 heteroatoms. The van der Waals surface area contributed by atoms with Crippen molar-refractivity contribution in [2.45, 2.75) is 43.7 Å². The van der Waals surface area contributed by atoms with E-state index in [2.05, 4.69) is 4.72 Å². The standard InChI is InChI=1S/C14H20N2O3S2/c1-9-8-11(4-5-12(9)13(15)20)21(17,18)16-14(3)6-7-19-10(14)2/h4-5,8,10,16H,6-7H2,1-3H3,(H2,15,20). The molecule has 0 radical (unpaired) electrons. The quantitative estimate of drug-likeness (QED) is 0.818. The average molecular weight is 328 g/mol. The molecule has 0 bridgehead atoms. The molecule has 1 heterocycles. The van der Waals surface area contributed by atoms with Crippen LogP contribution in [-0.2, 0) is 14.8 Å². The fourth-order valence-corrected chi connectivity index (χ4v) is 4.22. The third-order valence-electron chi connectivity index (χ3n) is 4.03. The van der Waals surface area contributed by atoms with E-state index in [0.29, 0.717) is 18.6 Å². The molecule has 2 rings (SSSR count). The van der Waals surface area contributed by atoms with Crippen molar-refractivity contribution in [3.8, 4) is 0 Å². The van der Waals surface area contributed by atoms with Crippen LogP contribution in [0.5, 0.6) is 0 Å². The van der Waals surface area contributed by atoms with Crippen molar-refractivity contribution in [2.75, 3.05) is 6.61 Å². The van der Waals surface area contributed by atoms with Crippen molar-refractivity contribution in [3.63, 3.8) is 0 Å². The number of thiocarbonyl (C=S) groups is 1. The van der Waals surface area contributed by atoms with Gasteiger partial charge in [0.05, 0.1) is 16.5 Å². The minimum atomic E-state index is -3.61. The van der Waals surface area contributed by atoms with Crippen molar-refractivity contribution in [1.82, 2.24) is 4.72 Å². The largest absolute Gasteiger partial charge is 0.389 e. The first-order chi connectivity index (χ1) is 9.66. The zero-order valence-corrected chi connectivity index (χ0v) is 14.0. The Morgan fingerprint density at radius 2 is 2.19 bits per heavy atom. The van der Waals surface area contributed by atoms with Crippen LogP contribution in [-0.4, -0.2) is 31.7 Å². The van der Waals surface area contributed by atoms with E-state index >= 15 is 0 Å². The second-order valence-electron chi connectivity index (χ2n) is 5.63. The highest BCUT2D eigenvalue weighted by molar-refractivity contribution is 7.89. The Bertz CT molecular complexity index is 673. The van der Waals surface area contributed by atoms with Crippen molar-refractivity contribution in [3.05, 3.63) is 29.3 Å². The number of aryl methyl sites for hydroxylation is 1. The summed E-state index contributed by atoms with van der Waals surface area (Å²) in [7, 11) is -3.61. The van der Waals surface area contributed by atoms with Crippen LogP contribution in [0.2, 0.25) is 0 Å². The lowest BCUT2D eigenvalue weighted by Gasteiger charge is -2.28. The molecule has 3 N–H and O–H groups in total. The summed E-state index contributed by atoms with van der Waals surface area (Å²) in [5, 5.41) is 0. The van der Waals surface area contributed by atoms with E-state index in [-0.39, 0.29) is 16.0 Å². The minimum Gasteiger partial charge on any atom is -0.389 e. The number of ether oxygens (including phenoxy) is 1. The third-order valence-corrected chi connectivity index (χ3v) is 5.86. The number of nitrogens with one attached hydrogen (secondary N) is 1. The Morgan fingerprint density at radius 3 is 2.67 bits per heavy atom. The molecule has 0 spiro atoms. The number of hydrogen-bond acceptors (Lipinski definition) is 4. The molecule has 0 aliphatic carbocycles. The first-order valence-electron chi connectivity index (χ1n) is 6.72. The number of sulfonamides is 1. The van der Waals surface area contributed by atoms with Crippen LogP contribution in [0, 0.1) is 6.92 Å². The molecule has 1 saturated heterocycles. The highest BCUT2D eigenvalue weighted by Gasteiger charge is 2.40. The summed E-state index contributed by atoms with van der Waals surface area (Å²) in [6, 6.07) is 4.75. The molecule has 1 aliphatic rings. The molecule has 116 valence electrons. The van der Waals surface area contributed by atoms with E-state index in [0.717, 1.165) is 5.56 Å².